The average molecular weight is 263 g/mol. The monoisotopic (exact) mass is 263 g/mol. The summed E-state index contributed by atoms with van der Waals surface area (Å²) in [6, 6.07) is 0. The van der Waals surface area contributed by atoms with Crippen LogP contribution in [0.25, 0.3) is 0 Å². The van der Waals surface area contributed by atoms with E-state index in [9.17, 15) is 13.5 Å². The normalized spacial score (nSPS) is 25.1. The largest absolute Gasteiger partial charge is 0.393 e. The summed E-state index contributed by atoms with van der Waals surface area (Å²) in [5, 5.41) is 9.56. The number of piperidine rings is 1. The van der Waals surface area contributed by atoms with Crippen LogP contribution in [0, 0.1) is 11.8 Å². The van der Waals surface area contributed by atoms with Crippen molar-refractivity contribution in [3.8, 4) is 0 Å². The lowest BCUT2D eigenvalue weighted by Crippen LogP contribution is -2.43. The van der Waals surface area contributed by atoms with Crippen molar-refractivity contribution >= 4 is 10.0 Å². The van der Waals surface area contributed by atoms with Crippen LogP contribution in [-0.2, 0) is 10.0 Å². The molecule has 0 aromatic heterocycles. The van der Waals surface area contributed by atoms with Crippen molar-refractivity contribution < 1.29 is 13.5 Å². The van der Waals surface area contributed by atoms with E-state index in [1.165, 1.54) is 0 Å². The van der Waals surface area contributed by atoms with Crippen molar-refractivity contribution in [2.24, 2.45) is 11.8 Å². The number of hydrogen-bond donors (Lipinski definition) is 1. The minimum absolute atomic E-state index is 0.0950. The van der Waals surface area contributed by atoms with Gasteiger partial charge in [0.1, 0.15) is 0 Å². The van der Waals surface area contributed by atoms with Gasteiger partial charge in [-0.1, -0.05) is 13.8 Å². The van der Waals surface area contributed by atoms with Gasteiger partial charge in [0.2, 0.25) is 10.0 Å². The van der Waals surface area contributed by atoms with E-state index in [-0.39, 0.29) is 11.7 Å². The molecule has 0 bridgehead atoms. The van der Waals surface area contributed by atoms with Crippen LogP contribution in [0.15, 0.2) is 0 Å². The van der Waals surface area contributed by atoms with Crippen molar-refractivity contribution in [3.05, 3.63) is 0 Å². The van der Waals surface area contributed by atoms with Crippen molar-refractivity contribution in [3.63, 3.8) is 0 Å². The molecule has 1 N–H and O–H groups in total. The number of aliphatic hydroxyl groups excluding tert-OH is 1. The van der Waals surface area contributed by atoms with E-state index in [2.05, 4.69) is 0 Å². The van der Waals surface area contributed by atoms with E-state index in [0.717, 1.165) is 12.8 Å². The first kappa shape index (κ1) is 14.9. The van der Waals surface area contributed by atoms with E-state index in [0.29, 0.717) is 25.4 Å². The third-order valence-corrected chi connectivity index (χ3v) is 5.32. The van der Waals surface area contributed by atoms with E-state index < -0.39 is 16.1 Å². The number of aliphatic hydroxyl groups is 1. The molecule has 17 heavy (non-hydrogen) atoms. The minimum Gasteiger partial charge on any atom is -0.393 e. The van der Waals surface area contributed by atoms with Crippen LogP contribution in [0.4, 0.5) is 0 Å². The molecule has 2 unspecified atom stereocenters. The fourth-order valence-electron chi connectivity index (χ4n) is 2.13. The van der Waals surface area contributed by atoms with Crippen LogP contribution in [0.2, 0.25) is 0 Å². The summed E-state index contributed by atoms with van der Waals surface area (Å²) in [5.41, 5.74) is 0. The number of rotatable bonds is 5. The number of sulfonamides is 1. The van der Waals surface area contributed by atoms with E-state index >= 15 is 0 Å². The highest BCUT2D eigenvalue weighted by molar-refractivity contribution is 7.89. The first-order valence-corrected chi connectivity index (χ1v) is 8.09. The molecule has 0 radical (unpaired) electrons. The second-order valence-corrected chi connectivity index (χ2v) is 7.59. The van der Waals surface area contributed by atoms with Crippen LogP contribution in [-0.4, -0.2) is 42.8 Å². The van der Waals surface area contributed by atoms with Gasteiger partial charge < -0.3 is 5.11 Å². The maximum atomic E-state index is 12.1. The molecule has 5 heteroatoms. The molecule has 2 atom stereocenters. The van der Waals surface area contributed by atoms with Gasteiger partial charge in [-0.05, 0) is 38.0 Å². The summed E-state index contributed by atoms with van der Waals surface area (Å²) < 4.78 is 25.8. The van der Waals surface area contributed by atoms with Crippen LogP contribution < -0.4 is 0 Å². The second kappa shape index (κ2) is 6.16. The van der Waals surface area contributed by atoms with Crippen LogP contribution in [0.1, 0.15) is 40.0 Å². The van der Waals surface area contributed by atoms with Gasteiger partial charge in [0.05, 0.1) is 11.9 Å². The highest BCUT2D eigenvalue weighted by Crippen LogP contribution is 2.22. The minimum atomic E-state index is -3.12. The molecule has 1 rings (SSSR count). The summed E-state index contributed by atoms with van der Waals surface area (Å²) in [6.07, 6.45) is 2.07. The third-order valence-electron chi connectivity index (χ3n) is 3.45. The maximum Gasteiger partial charge on any atom is 0.214 e. The smallest absolute Gasteiger partial charge is 0.214 e. The van der Waals surface area contributed by atoms with Crippen LogP contribution in [0.3, 0.4) is 0 Å². The average Bonchev–Trinajstić information content (AvgIpc) is 2.27. The summed E-state index contributed by atoms with van der Waals surface area (Å²) in [6.45, 7) is 6.91. The number of hydrogen-bond acceptors (Lipinski definition) is 3. The molecular formula is C12H25NO3S. The van der Waals surface area contributed by atoms with Gasteiger partial charge in [-0.25, -0.2) is 12.7 Å². The molecule has 1 heterocycles. The third kappa shape index (κ3) is 4.56. The molecule has 0 aliphatic carbocycles. The standard InChI is InChI=1S/C12H25NO3S/c1-10(2)6-8-17(15,16)13-7-4-5-12(9-13)11(3)14/h10-12,14H,4-9H2,1-3H3. The Morgan fingerprint density at radius 3 is 2.53 bits per heavy atom. The topological polar surface area (TPSA) is 57.6 Å². The Morgan fingerprint density at radius 1 is 1.35 bits per heavy atom. The van der Waals surface area contributed by atoms with Crippen molar-refractivity contribution in [1.82, 2.24) is 4.31 Å². The van der Waals surface area contributed by atoms with Crippen LogP contribution >= 0.6 is 0 Å². The van der Waals surface area contributed by atoms with Crippen molar-refractivity contribution in [2.75, 3.05) is 18.8 Å². The Labute approximate surface area is 105 Å². The van der Waals surface area contributed by atoms with Gasteiger partial charge in [-0.15, -0.1) is 0 Å². The fraction of sp³-hybridized carbons (Fsp3) is 1.00. The zero-order chi connectivity index (χ0) is 13.1. The summed E-state index contributed by atoms with van der Waals surface area (Å²) in [5.74, 6) is 0.733. The van der Waals surface area contributed by atoms with E-state index in [1.807, 2.05) is 13.8 Å². The Morgan fingerprint density at radius 2 is 2.00 bits per heavy atom. The fourth-order valence-corrected chi connectivity index (χ4v) is 3.99. The summed E-state index contributed by atoms with van der Waals surface area (Å²) >= 11 is 0. The lowest BCUT2D eigenvalue weighted by molar-refractivity contribution is 0.0885. The first-order chi connectivity index (χ1) is 7.83. The molecule has 0 spiro atoms. The first-order valence-electron chi connectivity index (χ1n) is 6.49. The molecule has 1 aliphatic heterocycles. The predicted molar refractivity (Wildman–Crippen MR) is 69.2 cm³/mol. The lowest BCUT2D eigenvalue weighted by Gasteiger charge is -2.33. The zero-order valence-corrected chi connectivity index (χ0v) is 11.9. The van der Waals surface area contributed by atoms with Gasteiger partial charge in [0.25, 0.3) is 0 Å². The lowest BCUT2D eigenvalue weighted by atomic mass is 9.95. The Balaban J connectivity index is 2.59. The van der Waals surface area contributed by atoms with Gasteiger partial charge in [0, 0.05) is 13.1 Å². The highest BCUT2D eigenvalue weighted by atomic mass is 32.2. The van der Waals surface area contributed by atoms with Gasteiger partial charge >= 0.3 is 0 Å². The maximum absolute atomic E-state index is 12.1. The molecule has 0 saturated carbocycles. The van der Waals surface area contributed by atoms with E-state index in [4.69, 9.17) is 0 Å². The van der Waals surface area contributed by atoms with Gasteiger partial charge in [-0.3, -0.25) is 0 Å². The summed E-state index contributed by atoms with van der Waals surface area (Å²) in [7, 11) is -3.12. The molecule has 4 nitrogen and oxygen atoms in total. The highest BCUT2D eigenvalue weighted by Gasteiger charge is 2.30. The predicted octanol–water partition coefficient (Wildman–Crippen LogP) is 1.46. The van der Waals surface area contributed by atoms with Crippen LogP contribution in [0.5, 0.6) is 0 Å². The van der Waals surface area contributed by atoms with E-state index in [1.54, 1.807) is 11.2 Å². The molecule has 1 saturated heterocycles. The van der Waals surface area contributed by atoms with Gasteiger partial charge in [0.15, 0.2) is 0 Å². The Kier molecular flexibility index (Phi) is 5.41. The molecule has 102 valence electrons. The van der Waals surface area contributed by atoms with Crippen molar-refractivity contribution in [2.45, 2.75) is 46.1 Å². The SMILES string of the molecule is CC(C)CCS(=O)(=O)N1CCCC(C(C)O)C1. The number of nitrogens with zero attached hydrogens (tertiary/aromatic N) is 1. The molecule has 1 fully saturated rings. The zero-order valence-electron chi connectivity index (χ0n) is 11.1. The second-order valence-electron chi connectivity index (χ2n) is 5.50. The van der Waals surface area contributed by atoms with Crippen molar-refractivity contribution in [1.29, 1.82) is 0 Å². The molecule has 0 aromatic carbocycles. The molecule has 0 aromatic rings. The molecule has 0 amide bonds. The Bertz CT molecular complexity index is 325. The van der Waals surface area contributed by atoms with Gasteiger partial charge in [-0.2, -0.15) is 0 Å². The summed E-state index contributed by atoms with van der Waals surface area (Å²) in [4.78, 5) is 0. The molecule has 1 aliphatic rings. The quantitative estimate of drug-likeness (QED) is 0.817. The molecular weight excluding hydrogens is 238 g/mol. The Hall–Kier alpha value is -0.130.